The Bertz CT molecular complexity index is 914. The Morgan fingerprint density at radius 1 is 0.697 bits per heavy atom. The lowest BCUT2D eigenvalue weighted by Gasteiger charge is -2.19. The largest absolute Gasteiger partial charge is 0.466 e. The number of aromatic nitrogens is 2. The summed E-state index contributed by atoms with van der Waals surface area (Å²) in [5.41, 5.74) is 7.86. The van der Waals surface area contributed by atoms with Gasteiger partial charge >= 0.3 is 6.01 Å². The molecule has 3 aromatic rings. The molecule has 0 aliphatic carbocycles. The SMILES string of the molecule is COc1n(-c2c(C(C)C)cccc2C(C)C)cc[n+]1-c1c(C(C)C)cccc1C(C)C.S.[CH3-]. The first-order valence-corrected chi connectivity index (χ1v) is 11.6. The molecule has 0 aliphatic heterocycles. The summed E-state index contributed by atoms with van der Waals surface area (Å²) >= 11 is 0. The molecule has 0 atom stereocenters. The Hall–Kier alpha value is -2.20. The van der Waals surface area contributed by atoms with Gasteiger partial charge in [-0.25, -0.2) is 0 Å². The number of rotatable bonds is 7. The quantitative estimate of drug-likeness (QED) is 0.255. The number of benzene rings is 2. The summed E-state index contributed by atoms with van der Waals surface area (Å²) < 4.78 is 10.6. The molecule has 0 saturated heterocycles. The smallest absolute Gasteiger partial charge is 0.434 e. The van der Waals surface area contributed by atoms with Crippen molar-refractivity contribution in [2.24, 2.45) is 0 Å². The molecule has 3 nitrogen and oxygen atoms in total. The van der Waals surface area contributed by atoms with E-state index in [0.29, 0.717) is 23.7 Å². The number of hydrogen-bond acceptors (Lipinski definition) is 1. The fraction of sp³-hybridized carbons (Fsp3) is 0.448. The highest BCUT2D eigenvalue weighted by molar-refractivity contribution is 7.59. The van der Waals surface area contributed by atoms with E-state index in [0.717, 1.165) is 6.01 Å². The van der Waals surface area contributed by atoms with Crippen molar-refractivity contribution in [3.8, 4) is 17.4 Å². The molecule has 0 spiro atoms. The molecule has 0 aliphatic rings. The van der Waals surface area contributed by atoms with Crippen LogP contribution in [0.25, 0.3) is 11.4 Å². The third-order valence-corrected chi connectivity index (χ3v) is 6.13. The third-order valence-electron chi connectivity index (χ3n) is 6.13. The Balaban J connectivity index is 0.00000272. The normalized spacial score (nSPS) is 11.2. The van der Waals surface area contributed by atoms with Crippen LogP contribution in [0.3, 0.4) is 0 Å². The van der Waals surface area contributed by atoms with E-state index in [2.05, 4.69) is 113 Å². The van der Waals surface area contributed by atoms with Crippen LogP contribution in [0.2, 0.25) is 0 Å². The molecule has 0 fully saturated rings. The summed E-state index contributed by atoms with van der Waals surface area (Å²) in [5, 5.41) is 0. The van der Waals surface area contributed by atoms with Crippen LogP contribution in [0.1, 0.15) is 101 Å². The van der Waals surface area contributed by atoms with E-state index in [1.54, 1.807) is 7.11 Å². The highest BCUT2D eigenvalue weighted by Crippen LogP contribution is 2.34. The van der Waals surface area contributed by atoms with Crippen molar-refractivity contribution in [1.29, 1.82) is 0 Å². The molecule has 1 aromatic heterocycles. The fourth-order valence-corrected chi connectivity index (χ4v) is 4.49. The summed E-state index contributed by atoms with van der Waals surface area (Å²) in [4.78, 5) is 0. The maximum Gasteiger partial charge on any atom is 0.466 e. The Morgan fingerprint density at radius 2 is 1.09 bits per heavy atom. The monoisotopic (exact) mass is 468 g/mol. The van der Waals surface area contributed by atoms with Crippen molar-refractivity contribution in [1.82, 2.24) is 4.57 Å². The first kappa shape index (κ1) is 28.8. The second kappa shape index (κ2) is 11.8. The molecule has 4 heteroatoms. The van der Waals surface area contributed by atoms with Crippen molar-refractivity contribution in [2.45, 2.75) is 79.1 Å². The van der Waals surface area contributed by atoms with Gasteiger partial charge in [0.1, 0.15) is 23.8 Å². The molecule has 0 bridgehead atoms. The molecule has 0 amide bonds. The second-order valence-electron chi connectivity index (χ2n) is 9.71. The molecular formula is C29H44N2OS. The van der Waals surface area contributed by atoms with Crippen LogP contribution in [0, 0.1) is 7.43 Å². The first-order valence-electron chi connectivity index (χ1n) is 11.6. The van der Waals surface area contributed by atoms with E-state index in [1.165, 1.54) is 33.6 Å². The van der Waals surface area contributed by atoms with Crippen LogP contribution in [0.15, 0.2) is 48.8 Å². The molecule has 0 N–H and O–H groups in total. The molecule has 33 heavy (non-hydrogen) atoms. The second-order valence-corrected chi connectivity index (χ2v) is 9.71. The molecule has 0 radical (unpaired) electrons. The molecular weight excluding hydrogens is 424 g/mol. The summed E-state index contributed by atoms with van der Waals surface area (Å²) in [6, 6.07) is 14.2. The molecule has 0 unspecified atom stereocenters. The van der Waals surface area contributed by atoms with Gasteiger partial charge in [-0.2, -0.15) is 22.6 Å². The Labute approximate surface area is 209 Å². The van der Waals surface area contributed by atoms with Gasteiger partial charge in [-0.1, -0.05) is 91.8 Å². The summed E-state index contributed by atoms with van der Waals surface area (Å²) in [6.45, 7) is 18.1. The maximum absolute atomic E-state index is 6.09. The van der Waals surface area contributed by atoms with Crippen LogP contribution in [-0.2, 0) is 0 Å². The van der Waals surface area contributed by atoms with Crippen molar-refractivity contribution >= 4 is 13.5 Å². The van der Waals surface area contributed by atoms with Gasteiger partial charge in [-0.05, 0) is 23.7 Å². The zero-order valence-electron chi connectivity index (χ0n) is 22.2. The molecule has 1 heterocycles. The van der Waals surface area contributed by atoms with Crippen molar-refractivity contribution < 1.29 is 9.30 Å². The average molecular weight is 469 g/mol. The predicted molar refractivity (Wildman–Crippen MR) is 147 cm³/mol. The predicted octanol–water partition coefficient (Wildman–Crippen LogP) is 7.82. The van der Waals surface area contributed by atoms with Crippen molar-refractivity contribution in [2.75, 3.05) is 7.11 Å². The standard InChI is InChI=1S/C28H39N2O.CH3.H2S/c1-18(2)22-12-10-13-23(19(3)4)26(22)29-16-17-30(28(29)31-9)27-24(20(5)6)14-11-15-25(27)21(7)8;;/h10-21H,1-9H3;1H3;1H2/q+1;-1;. The lowest BCUT2D eigenvalue weighted by molar-refractivity contribution is -0.603. The number of methoxy groups -OCH3 is 1. The molecule has 182 valence electrons. The van der Waals surface area contributed by atoms with E-state index in [1.807, 2.05) is 0 Å². The molecule has 2 aromatic carbocycles. The lowest BCUT2D eigenvalue weighted by Crippen LogP contribution is -2.34. The van der Waals surface area contributed by atoms with Gasteiger partial charge in [-0.3, -0.25) is 0 Å². The lowest BCUT2D eigenvalue weighted by atomic mass is 9.92. The summed E-state index contributed by atoms with van der Waals surface area (Å²) in [6.07, 6.45) is 4.32. The van der Waals surface area contributed by atoms with Gasteiger partial charge in [0, 0.05) is 22.3 Å². The molecule has 0 saturated carbocycles. The van der Waals surface area contributed by atoms with Gasteiger partial charge in [0.15, 0.2) is 0 Å². The Kier molecular flexibility index (Phi) is 10.3. The fourth-order valence-electron chi connectivity index (χ4n) is 4.49. The van der Waals surface area contributed by atoms with Crippen LogP contribution in [0.5, 0.6) is 6.01 Å². The van der Waals surface area contributed by atoms with Crippen LogP contribution in [0.4, 0.5) is 0 Å². The minimum atomic E-state index is 0. The zero-order valence-corrected chi connectivity index (χ0v) is 23.2. The zero-order chi connectivity index (χ0) is 22.9. The van der Waals surface area contributed by atoms with Crippen LogP contribution < -0.4 is 9.30 Å². The van der Waals surface area contributed by atoms with Crippen LogP contribution >= 0.6 is 13.5 Å². The highest BCUT2D eigenvalue weighted by Gasteiger charge is 2.30. The van der Waals surface area contributed by atoms with Crippen LogP contribution in [-0.4, -0.2) is 11.7 Å². The van der Waals surface area contributed by atoms with Crippen molar-refractivity contribution in [3.05, 3.63) is 78.5 Å². The summed E-state index contributed by atoms with van der Waals surface area (Å²) in [7, 11) is 1.78. The first-order chi connectivity index (χ1) is 14.7. The topological polar surface area (TPSA) is 18.0 Å². The third kappa shape index (κ3) is 5.48. The van der Waals surface area contributed by atoms with E-state index in [4.69, 9.17) is 4.74 Å². The average Bonchev–Trinajstić information content (AvgIpc) is 3.15. The number of ether oxygens (including phenoxy) is 1. The number of imidazole rings is 1. The molecule has 3 rings (SSSR count). The minimum absolute atomic E-state index is 0. The van der Waals surface area contributed by atoms with Gasteiger partial charge in [0.2, 0.25) is 0 Å². The Morgan fingerprint density at radius 3 is 1.45 bits per heavy atom. The van der Waals surface area contributed by atoms with Gasteiger partial charge in [-0.15, -0.1) is 0 Å². The minimum Gasteiger partial charge on any atom is -0.434 e. The van der Waals surface area contributed by atoms with Gasteiger partial charge < -0.3 is 12.2 Å². The van der Waals surface area contributed by atoms with E-state index in [-0.39, 0.29) is 20.9 Å². The van der Waals surface area contributed by atoms with Gasteiger partial charge in [0.25, 0.3) is 0 Å². The summed E-state index contributed by atoms with van der Waals surface area (Å²) in [5.74, 6) is 1.68. The van der Waals surface area contributed by atoms with Gasteiger partial charge in [0.05, 0.1) is 7.11 Å². The van der Waals surface area contributed by atoms with E-state index < -0.39 is 0 Å². The maximum atomic E-state index is 6.09. The number of para-hydroxylation sites is 2. The van der Waals surface area contributed by atoms with E-state index >= 15 is 0 Å². The number of hydrogen-bond donors (Lipinski definition) is 0. The highest BCUT2D eigenvalue weighted by atomic mass is 32.1. The van der Waals surface area contributed by atoms with E-state index in [9.17, 15) is 0 Å². The van der Waals surface area contributed by atoms with Crippen molar-refractivity contribution in [3.63, 3.8) is 0 Å². The number of nitrogens with zero attached hydrogens (tertiary/aromatic N) is 2.